The molecule has 1 aliphatic rings. The largest absolute Gasteiger partial charge is 0.329 e. The van der Waals surface area contributed by atoms with Crippen LogP contribution in [0.4, 0.5) is 0 Å². The Kier molecular flexibility index (Phi) is 5.80. The second-order valence-electron chi connectivity index (χ2n) is 6.84. The molecule has 3 heteroatoms. The van der Waals surface area contributed by atoms with Crippen molar-refractivity contribution in [1.29, 1.82) is 0 Å². The lowest BCUT2D eigenvalue weighted by Gasteiger charge is -2.44. The first-order valence-electron chi connectivity index (χ1n) is 8.24. The van der Waals surface area contributed by atoms with E-state index in [-0.39, 0.29) is 5.54 Å². The van der Waals surface area contributed by atoms with Gasteiger partial charge in [0.05, 0.1) is 0 Å². The van der Waals surface area contributed by atoms with Crippen LogP contribution in [0.3, 0.4) is 0 Å². The quantitative estimate of drug-likeness (QED) is 0.903. The zero-order chi connectivity index (χ0) is 15.3. The van der Waals surface area contributed by atoms with Gasteiger partial charge in [0.25, 0.3) is 0 Å². The Balaban J connectivity index is 2.04. The van der Waals surface area contributed by atoms with Gasteiger partial charge in [0.1, 0.15) is 0 Å². The summed E-state index contributed by atoms with van der Waals surface area (Å²) in [6.07, 6.45) is 3.47. The lowest BCUT2D eigenvalue weighted by molar-refractivity contribution is 0.0636. The zero-order valence-corrected chi connectivity index (χ0v) is 13.9. The fourth-order valence-corrected chi connectivity index (χ4v) is 3.60. The number of benzene rings is 1. The minimum Gasteiger partial charge on any atom is -0.329 e. The van der Waals surface area contributed by atoms with E-state index in [4.69, 9.17) is 5.73 Å². The van der Waals surface area contributed by atoms with E-state index in [0.717, 1.165) is 32.5 Å². The van der Waals surface area contributed by atoms with E-state index in [0.29, 0.717) is 6.04 Å². The van der Waals surface area contributed by atoms with Crippen molar-refractivity contribution < 1.29 is 0 Å². The van der Waals surface area contributed by atoms with Crippen LogP contribution in [0.2, 0.25) is 0 Å². The Hall–Kier alpha value is -0.900. The summed E-state index contributed by atoms with van der Waals surface area (Å²) in [4.78, 5) is 5.10. The average Bonchev–Trinajstić information content (AvgIpc) is 2.66. The van der Waals surface area contributed by atoms with Gasteiger partial charge in [-0.2, -0.15) is 0 Å². The molecule has 0 radical (unpaired) electrons. The predicted octanol–water partition coefficient (Wildman–Crippen LogP) is 2.36. The molecule has 2 rings (SSSR count). The molecule has 1 aromatic carbocycles. The molecule has 0 saturated carbocycles. The molecule has 1 saturated heterocycles. The van der Waals surface area contributed by atoms with Gasteiger partial charge >= 0.3 is 0 Å². The van der Waals surface area contributed by atoms with E-state index in [9.17, 15) is 0 Å². The van der Waals surface area contributed by atoms with Gasteiger partial charge in [0.2, 0.25) is 0 Å². The summed E-state index contributed by atoms with van der Waals surface area (Å²) < 4.78 is 0. The van der Waals surface area contributed by atoms with Crippen LogP contribution < -0.4 is 5.73 Å². The van der Waals surface area contributed by atoms with Crippen molar-refractivity contribution in [3.05, 3.63) is 35.9 Å². The van der Waals surface area contributed by atoms with Gasteiger partial charge in [0, 0.05) is 31.2 Å². The van der Waals surface area contributed by atoms with Crippen molar-refractivity contribution in [2.24, 2.45) is 5.73 Å². The second-order valence-corrected chi connectivity index (χ2v) is 6.84. The molecule has 0 aliphatic carbocycles. The third-order valence-corrected chi connectivity index (χ3v) is 4.98. The zero-order valence-electron chi connectivity index (χ0n) is 13.9. The molecule has 3 nitrogen and oxygen atoms in total. The van der Waals surface area contributed by atoms with Gasteiger partial charge in [-0.25, -0.2) is 0 Å². The molecule has 21 heavy (non-hydrogen) atoms. The smallest absolute Gasteiger partial charge is 0.0310 e. The van der Waals surface area contributed by atoms with Crippen LogP contribution in [0.5, 0.6) is 0 Å². The molecule has 1 aromatic rings. The van der Waals surface area contributed by atoms with Gasteiger partial charge in [-0.05, 0) is 52.3 Å². The number of rotatable bonds is 5. The molecule has 1 heterocycles. The monoisotopic (exact) mass is 289 g/mol. The first-order valence-corrected chi connectivity index (χ1v) is 8.24. The van der Waals surface area contributed by atoms with Crippen LogP contribution in [0, 0.1) is 0 Å². The van der Waals surface area contributed by atoms with Gasteiger partial charge in [-0.15, -0.1) is 0 Å². The van der Waals surface area contributed by atoms with E-state index in [1.165, 1.54) is 18.5 Å². The number of likely N-dealkylation sites (N-methyl/N-ethyl adjacent to an activating group) is 1. The summed E-state index contributed by atoms with van der Waals surface area (Å²) in [5.41, 5.74) is 7.71. The Morgan fingerprint density at radius 1 is 1.24 bits per heavy atom. The topological polar surface area (TPSA) is 32.5 Å². The highest BCUT2D eigenvalue weighted by molar-refractivity contribution is 5.15. The molecular formula is C18H31N3. The average molecular weight is 289 g/mol. The minimum absolute atomic E-state index is 0.0977. The number of aryl methyl sites for hydroxylation is 1. The number of hydrogen-bond donors (Lipinski definition) is 1. The highest BCUT2D eigenvalue weighted by atomic mass is 15.3. The number of nitrogens with two attached hydrogens (primary N) is 1. The molecule has 118 valence electrons. The summed E-state index contributed by atoms with van der Waals surface area (Å²) in [5, 5.41) is 0. The summed E-state index contributed by atoms with van der Waals surface area (Å²) in [7, 11) is 2.23. The molecule has 1 fully saturated rings. The van der Waals surface area contributed by atoms with Gasteiger partial charge < -0.3 is 10.6 Å². The van der Waals surface area contributed by atoms with Crippen molar-refractivity contribution in [2.45, 2.75) is 44.7 Å². The first kappa shape index (κ1) is 16.5. The van der Waals surface area contributed by atoms with E-state index < -0.39 is 0 Å². The SMILES string of the molecule is CC1CN(C)CCCN1C(C)(CN)CCc1ccccc1. The second kappa shape index (κ2) is 7.39. The molecule has 2 atom stereocenters. The highest BCUT2D eigenvalue weighted by Crippen LogP contribution is 2.25. The van der Waals surface area contributed by atoms with Crippen molar-refractivity contribution in [3.8, 4) is 0 Å². The number of hydrogen-bond acceptors (Lipinski definition) is 3. The van der Waals surface area contributed by atoms with Crippen LogP contribution in [0.25, 0.3) is 0 Å². The lowest BCUT2D eigenvalue weighted by Crippen LogP contribution is -2.56. The first-order chi connectivity index (χ1) is 10.0. The van der Waals surface area contributed by atoms with Crippen molar-refractivity contribution in [2.75, 3.05) is 33.2 Å². The van der Waals surface area contributed by atoms with E-state index in [1.54, 1.807) is 0 Å². The molecule has 0 spiro atoms. The van der Waals surface area contributed by atoms with E-state index in [2.05, 4.69) is 61.0 Å². The van der Waals surface area contributed by atoms with Crippen LogP contribution in [-0.2, 0) is 6.42 Å². The van der Waals surface area contributed by atoms with Gasteiger partial charge in [0.15, 0.2) is 0 Å². The number of nitrogens with zero attached hydrogens (tertiary/aromatic N) is 2. The van der Waals surface area contributed by atoms with Crippen LogP contribution in [-0.4, -0.2) is 54.6 Å². The Bertz CT molecular complexity index is 420. The van der Waals surface area contributed by atoms with E-state index in [1.807, 2.05) is 0 Å². The molecular weight excluding hydrogens is 258 g/mol. The van der Waals surface area contributed by atoms with Gasteiger partial charge in [-0.1, -0.05) is 30.3 Å². The van der Waals surface area contributed by atoms with Crippen LogP contribution in [0.1, 0.15) is 32.3 Å². The van der Waals surface area contributed by atoms with Crippen molar-refractivity contribution >= 4 is 0 Å². The standard InChI is InChI=1S/C18H31N3/c1-16-14-20(3)12-7-13-21(16)18(2,15-19)11-10-17-8-5-4-6-9-17/h4-6,8-9,16H,7,10-15,19H2,1-3H3. The van der Waals surface area contributed by atoms with E-state index >= 15 is 0 Å². The van der Waals surface area contributed by atoms with Crippen molar-refractivity contribution in [1.82, 2.24) is 9.80 Å². The lowest BCUT2D eigenvalue weighted by atomic mass is 9.89. The molecule has 0 amide bonds. The third kappa shape index (κ3) is 4.29. The summed E-state index contributed by atoms with van der Waals surface area (Å²) in [6.45, 7) is 8.92. The Morgan fingerprint density at radius 3 is 2.62 bits per heavy atom. The van der Waals surface area contributed by atoms with Crippen molar-refractivity contribution in [3.63, 3.8) is 0 Å². The van der Waals surface area contributed by atoms with Crippen LogP contribution >= 0.6 is 0 Å². The van der Waals surface area contributed by atoms with Crippen LogP contribution in [0.15, 0.2) is 30.3 Å². The summed E-state index contributed by atoms with van der Waals surface area (Å²) >= 11 is 0. The highest BCUT2D eigenvalue weighted by Gasteiger charge is 2.34. The Morgan fingerprint density at radius 2 is 1.95 bits per heavy atom. The summed E-state index contributed by atoms with van der Waals surface area (Å²) in [6, 6.07) is 11.3. The normalized spacial score (nSPS) is 24.5. The molecule has 0 aromatic heterocycles. The molecule has 2 N–H and O–H groups in total. The maximum atomic E-state index is 6.19. The predicted molar refractivity (Wildman–Crippen MR) is 90.5 cm³/mol. The third-order valence-electron chi connectivity index (χ3n) is 4.98. The molecule has 0 bridgehead atoms. The summed E-state index contributed by atoms with van der Waals surface area (Å²) in [5.74, 6) is 0. The fourth-order valence-electron chi connectivity index (χ4n) is 3.60. The molecule has 1 aliphatic heterocycles. The minimum atomic E-state index is 0.0977. The maximum absolute atomic E-state index is 6.19. The molecule has 2 unspecified atom stereocenters. The maximum Gasteiger partial charge on any atom is 0.0310 e. The van der Waals surface area contributed by atoms with Gasteiger partial charge in [-0.3, -0.25) is 4.90 Å². The Labute approximate surface area is 130 Å². The fraction of sp³-hybridized carbons (Fsp3) is 0.667.